The summed E-state index contributed by atoms with van der Waals surface area (Å²) < 4.78 is 5.88. The van der Waals surface area contributed by atoms with Crippen LogP contribution in [-0.4, -0.2) is 27.2 Å². The first-order valence-electron chi connectivity index (χ1n) is 8.02. The van der Waals surface area contributed by atoms with E-state index in [4.69, 9.17) is 4.74 Å². The minimum atomic E-state index is -0.466. The van der Waals surface area contributed by atoms with E-state index < -0.39 is 11.6 Å². The molecule has 0 radical (unpaired) electrons. The standard InChI is InChI=1S/C17H20N4O2/c1-10-6-12-8-14(23-13(12)7-11(10)2)15(22)20-17(4-3-5-17)16-18-9-19-21-16/h6-7,9,14H,3-5,8H2,1-2H3,(H,20,22)(H,18,19,21). The first-order valence-corrected chi connectivity index (χ1v) is 8.02. The first kappa shape index (κ1) is 14.2. The Bertz CT molecular complexity index is 719. The minimum Gasteiger partial charge on any atom is -0.480 e. The third-order valence-electron chi connectivity index (χ3n) is 5.08. The molecule has 2 aromatic rings. The molecule has 1 aliphatic carbocycles. The van der Waals surface area contributed by atoms with Gasteiger partial charge in [0.05, 0.1) is 5.54 Å². The van der Waals surface area contributed by atoms with Crippen LogP contribution in [0, 0.1) is 13.8 Å². The molecule has 2 heterocycles. The smallest absolute Gasteiger partial charge is 0.262 e. The van der Waals surface area contributed by atoms with Crippen LogP contribution in [0.5, 0.6) is 5.75 Å². The van der Waals surface area contributed by atoms with E-state index in [0.29, 0.717) is 6.42 Å². The quantitative estimate of drug-likeness (QED) is 0.907. The zero-order chi connectivity index (χ0) is 16.0. The molecule has 1 atom stereocenters. The highest BCUT2D eigenvalue weighted by atomic mass is 16.5. The number of nitrogens with one attached hydrogen (secondary N) is 2. The molecule has 2 aliphatic rings. The summed E-state index contributed by atoms with van der Waals surface area (Å²) in [6.45, 7) is 4.13. The maximum atomic E-state index is 12.7. The molecule has 4 rings (SSSR count). The van der Waals surface area contributed by atoms with Gasteiger partial charge in [0.1, 0.15) is 17.9 Å². The molecular formula is C17H20N4O2. The number of benzene rings is 1. The maximum Gasteiger partial charge on any atom is 0.262 e. The average Bonchev–Trinajstić information content (AvgIpc) is 3.12. The van der Waals surface area contributed by atoms with E-state index in [9.17, 15) is 4.79 Å². The number of hydrogen-bond acceptors (Lipinski definition) is 4. The Morgan fingerprint density at radius 3 is 2.78 bits per heavy atom. The van der Waals surface area contributed by atoms with Crippen LogP contribution in [0.4, 0.5) is 0 Å². The number of amides is 1. The second-order valence-electron chi connectivity index (χ2n) is 6.61. The lowest BCUT2D eigenvalue weighted by Crippen LogP contribution is -2.55. The Kier molecular flexibility index (Phi) is 3.14. The highest BCUT2D eigenvalue weighted by molar-refractivity contribution is 5.83. The second kappa shape index (κ2) is 5.08. The molecule has 1 saturated carbocycles. The van der Waals surface area contributed by atoms with Gasteiger partial charge in [0.2, 0.25) is 0 Å². The molecule has 6 nitrogen and oxygen atoms in total. The van der Waals surface area contributed by atoms with E-state index in [1.54, 1.807) is 0 Å². The fraction of sp³-hybridized carbons (Fsp3) is 0.471. The van der Waals surface area contributed by atoms with Crippen LogP contribution in [-0.2, 0) is 16.8 Å². The normalized spacial score (nSPS) is 21.2. The van der Waals surface area contributed by atoms with Gasteiger partial charge in [0.15, 0.2) is 6.10 Å². The molecule has 6 heteroatoms. The van der Waals surface area contributed by atoms with Crippen molar-refractivity contribution in [3.63, 3.8) is 0 Å². The summed E-state index contributed by atoms with van der Waals surface area (Å²) in [5, 5.41) is 9.94. The number of fused-ring (bicyclic) bond motifs is 1. The maximum absolute atomic E-state index is 12.7. The molecule has 0 bridgehead atoms. The highest BCUT2D eigenvalue weighted by Crippen LogP contribution is 2.40. The van der Waals surface area contributed by atoms with E-state index in [2.05, 4.69) is 40.4 Å². The van der Waals surface area contributed by atoms with Crippen LogP contribution >= 0.6 is 0 Å². The van der Waals surface area contributed by atoms with Crippen LogP contribution in [0.1, 0.15) is 41.8 Å². The summed E-state index contributed by atoms with van der Waals surface area (Å²) in [6.07, 6.45) is 4.47. The molecule has 1 unspecified atom stereocenters. The third-order valence-corrected chi connectivity index (χ3v) is 5.08. The van der Waals surface area contributed by atoms with Gasteiger partial charge in [-0.1, -0.05) is 6.07 Å². The molecule has 0 saturated heterocycles. The topological polar surface area (TPSA) is 79.9 Å². The van der Waals surface area contributed by atoms with Crippen molar-refractivity contribution in [3.05, 3.63) is 41.0 Å². The number of H-pyrrole nitrogens is 1. The molecule has 0 spiro atoms. The van der Waals surface area contributed by atoms with Gasteiger partial charge in [-0.15, -0.1) is 0 Å². The number of carbonyl (C=O) groups excluding carboxylic acids is 1. The summed E-state index contributed by atoms with van der Waals surface area (Å²) >= 11 is 0. The zero-order valence-corrected chi connectivity index (χ0v) is 13.3. The van der Waals surface area contributed by atoms with Crippen molar-refractivity contribution in [1.29, 1.82) is 0 Å². The molecule has 120 valence electrons. The van der Waals surface area contributed by atoms with Crippen LogP contribution in [0.15, 0.2) is 18.5 Å². The Morgan fingerprint density at radius 1 is 1.35 bits per heavy atom. The molecule has 1 amide bonds. The Morgan fingerprint density at radius 2 is 2.13 bits per heavy atom. The van der Waals surface area contributed by atoms with Gasteiger partial charge in [0.25, 0.3) is 5.91 Å². The van der Waals surface area contributed by atoms with Gasteiger partial charge < -0.3 is 10.1 Å². The van der Waals surface area contributed by atoms with Crippen molar-refractivity contribution in [2.24, 2.45) is 0 Å². The molecule has 23 heavy (non-hydrogen) atoms. The van der Waals surface area contributed by atoms with Gasteiger partial charge in [-0.2, -0.15) is 5.10 Å². The van der Waals surface area contributed by atoms with Crippen LogP contribution in [0.25, 0.3) is 0 Å². The number of nitrogens with zero attached hydrogens (tertiary/aromatic N) is 2. The number of aromatic nitrogens is 3. The lowest BCUT2D eigenvalue weighted by atomic mass is 9.76. The highest BCUT2D eigenvalue weighted by Gasteiger charge is 2.44. The van der Waals surface area contributed by atoms with Crippen molar-refractivity contribution >= 4 is 5.91 Å². The van der Waals surface area contributed by atoms with Gasteiger partial charge in [-0.3, -0.25) is 9.89 Å². The van der Waals surface area contributed by atoms with Crippen molar-refractivity contribution < 1.29 is 9.53 Å². The van der Waals surface area contributed by atoms with Gasteiger partial charge in [-0.05, 0) is 55.9 Å². The monoisotopic (exact) mass is 312 g/mol. The van der Waals surface area contributed by atoms with Gasteiger partial charge >= 0.3 is 0 Å². The van der Waals surface area contributed by atoms with E-state index >= 15 is 0 Å². The third kappa shape index (κ3) is 2.29. The molecule has 2 N–H and O–H groups in total. The Balaban J connectivity index is 1.51. The summed E-state index contributed by atoms with van der Waals surface area (Å²) in [7, 11) is 0. The van der Waals surface area contributed by atoms with E-state index in [-0.39, 0.29) is 5.91 Å². The summed E-state index contributed by atoms with van der Waals surface area (Å²) in [6, 6.07) is 4.14. The fourth-order valence-electron chi connectivity index (χ4n) is 3.36. The summed E-state index contributed by atoms with van der Waals surface area (Å²) in [5.41, 5.74) is 3.11. The van der Waals surface area contributed by atoms with E-state index in [1.807, 2.05) is 6.07 Å². The Labute approximate surface area is 134 Å². The van der Waals surface area contributed by atoms with Crippen molar-refractivity contribution in [1.82, 2.24) is 20.5 Å². The van der Waals surface area contributed by atoms with Crippen LogP contribution < -0.4 is 10.1 Å². The lowest BCUT2D eigenvalue weighted by Gasteiger charge is -2.40. The molecule has 1 fully saturated rings. The van der Waals surface area contributed by atoms with Crippen molar-refractivity contribution in [2.75, 3.05) is 0 Å². The number of hydrogen-bond donors (Lipinski definition) is 2. The first-order chi connectivity index (χ1) is 11.1. The average molecular weight is 312 g/mol. The fourth-order valence-corrected chi connectivity index (χ4v) is 3.36. The SMILES string of the molecule is Cc1cc2c(cc1C)OC(C(=O)NC1(c3ncn[nH]3)CCC1)C2. The van der Waals surface area contributed by atoms with Gasteiger partial charge in [0, 0.05) is 6.42 Å². The molecule has 1 aromatic heterocycles. The predicted octanol–water partition coefficient (Wildman–Crippen LogP) is 1.92. The van der Waals surface area contributed by atoms with E-state index in [1.165, 1.54) is 17.5 Å². The minimum absolute atomic E-state index is 0.0763. The number of aromatic amines is 1. The largest absolute Gasteiger partial charge is 0.480 e. The number of ether oxygens (including phenoxy) is 1. The predicted molar refractivity (Wildman–Crippen MR) is 84.1 cm³/mol. The van der Waals surface area contributed by atoms with Gasteiger partial charge in [-0.25, -0.2) is 4.98 Å². The van der Waals surface area contributed by atoms with Crippen LogP contribution in [0.2, 0.25) is 0 Å². The number of aryl methyl sites for hydroxylation is 2. The lowest BCUT2D eigenvalue weighted by molar-refractivity contribution is -0.130. The zero-order valence-electron chi connectivity index (χ0n) is 13.3. The molecule has 1 aromatic carbocycles. The second-order valence-corrected chi connectivity index (χ2v) is 6.61. The van der Waals surface area contributed by atoms with Crippen LogP contribution in [0.3, 0.4) is 0 Å². The number of carbonyl (C=O) groups is 1. The molecular weight excluding hydrogens is 292 g/mol. The summed E-state index contributed by atoms with van der Waals surface area (Å²) in [4.78, 5) is 16.9. The Hall–Kier alpha value is -2.37. The van der Waals surface area contributed by atoms with Crippen molar-refractivity contribution in [3.8, 4) is 5.75 Å². The summed E-state index contributed by atoms with van der Waals surface area (Å²) in [5.74, 6) is 1.49. The van der Waals surface area contributed by atoms with Crippen molar-refractivity contribution in [2.45, 2.75) is 51.2 Å². The number of rotatable bonds is 3. The molecule has 1 aliphatic heterocycles. The van der Waals surface area contributed by atoms with E-state index in [0.717, 1.165) is 36.4 Å².